The molecule has 0 aliphatic heterocycles. The van der Waals surface area contributed by atoms with Gasteiger partial charge in [-0.2, -0.15) is 0 Å². The zero-order valence-electron chi connectivity index (χ0n) is 13.1. The number of aryl methyl sites for hydroxylation is 1. The van der Waals surface area contributed by atoms with Gasteiger partial charge in [-0.1, -0.05) is 54.1 Å². The number of nitrogens with one attached hydrogen (secondary N) is 1. The fourth-order valence-corrected chi connectivity index (χ4v) is 2.91. The number of hydrogen-bond acceptors (Lipinski definition) is 2. The molecule has 4 aromatic rings. The summed E-state index contributed by atoms with van der Waals surface area (Å²) in [6, 6.07) is 21.6. The van der Waals surface area contributed by atoms with Crippen LogP contribution in [0.25, 0.3) is 34.2 Å². The van der Waals surface area contributed by atoms with E-state index < -0.39 is 0 Å². The average Bonchev–Trinajstić information content (AvgIpc) is 3.22. The predicted molar refractivity (Wildman–Crippen MR) is 96.9 cm³/mol. The van der Waals surface area contributed by atoms with Crippen LogP contribution in [0.3, 0.4) is 0 Å². The fraction of sp³-hybridized carbons (Fsp3) is 0.0500. The number of rotatable bonds is 3. The lowest BCUT2D eigenvalue weighted by Crippen LogP contribution is -1.79. The van der Waals surface area contributed by atoms with E-state index >= 15 is 0 Å². The molecule has 118 valence electrons. The van der Waals surface area contributed by atoms with Crippen molar-refractivity contribution in [2.45, 2.75) is 6.92 Å². The first kappa shape index (κ1) is 14.8. The molecule has 1 N–H and O–H groups in total. The highest BCUT2D eigenvalue weighted by Gasteiger charge is 2.14. The Morgan fingerprint density at radius 2 is 1.62 bits per heavy atom. The van der Waals surface area contributed by atoms with Crippen molar-refractivity contribution in [3.63, 3.8) is 0 Å². The number of furan rings is 1. The first-order chi connectivity index (χ1) is 11.7. The summed E-state index contributed by atoms with van der Waals surface area (Å²) < 4.78 is 5.96. The third kappa shape index (κ3) is 2.74. The molecule has 2 heterocycles. The van der Waals surface area contributed by atoms with Gasteiger partial charge in [0.15, 0.2) is 11.6 Å². The van der Waals surface area contributed by atoms with Crippen LogP contribution in [-0.4, -0.2) is 9.97 Å². The third-order valence-corrected chi connectivity index (χ3v) is 4.12. The molecule has 4 rings (SSSR count). The van der Waals surface area contributed by atoms with Crippen LogP contribution in [0.5, 0.6) is 0 Å². The molecule has 0 amide bonds. The highest BCUT2D eigenvalue weighted by molar-refractivity contribution is 6.30. The van der Waals surface area contributed by atoms with E-state index in [1.54, 1.807) is 0 Å². The molecule has 3 nitrogen and oxygen atoms in total. The van der Waals surface area contributed by atoms with Crippen LogP contribution in [0.1, 0.15) is 5.69 Å². The Bertz CT molecular complexity index is 986. The highest BCUT2D eigenvalue weighted by atomic mass is 35.5. The molecular weight excluding hydrogens is 320 g/mol. The molecule has 0 atom stereocenters. The van der Waals surface area contributed by atoms with E-state index in [0.29, 0.717) is 10.8 Å². The van der Waals surface area contributed by atoms with Gasteiger partial charge in [0.05, 0.1) is 5.69 Å². The molecular formula is C20H15ClN2O. The first-order valence-corrected chi connectivity index (χ1v) is 8.07. The van der Waals surface area contributed by atoms with Gasteiger partial charge in [0.1, 0.15) is 5.76 Å². The van der Waals surface area contributed by atoms with E-state index in [0.717, 1.165) is 34.1 Å². The third-order valence-electron chi connectivity index (χ3n) is 3.88. The molecule has 0 aliphatic rings. The summed E-state index contributed by atoms with van der Waals surface area (Å²) in [4.78, 5) is 8.00. The Kier molecular flexibility index (Phi) is 3.71. The van der Waals surface area contributed by atoms with E-state index in [1.807, 2.05) is 73.7 Å². The van der Waals surface area contributed by atoms with Crippen LogP contribution in [0.15, 0.2) is 71.1 Å². The SMILES string of the molecule is Cc1[nH]c(-c2ccc(-c3cccc(Cl)c3)o2)nc1-c1ccccc1. The second kappa shape index (κ2) is 6.02. The topological polar surface area (TPSA) is 41.8 Å². The molecule has 2 aromatic heterocycles. The molecule has 2 aromatic carbocycles. The maximum atomic E-state index is 6.05. The lowest BCUT2D eigenvalue weighted by molar-refractivity contribution is 0.593. The number of H-pyrrole nitrogens is 1. The Balaban J connectivity index is 1.71. The van der Waals surface area contributed by atoms with Gasteiger partial charge in [-0.05, 0) is 31.2 Å². The number of nitrogens with zero attached hydrogens (tertiary/aromatic N) is 1. The molecule has 0 saturated carbocycles. The highest BCUT2D eigenvalue weighted by Crippen LogP contribution is 2.30. The number of hydrogen-bond donors (Lipinski definition) is 1. The van der Waals surface area contributed by atoms with Crippen molar-refractivity contribution in [3.8, 4) is 34.2 Å². The molecule has 4 heteroatoms. The van der Waals surface area contributed by atoms with E-state index in [9.17, 15) is 0 Å². The monoisotopic (exact) mass is 334 g/mol. The van der Waals surface area contributed by atoms with Gasteiger partial charge in [-0.3, -0.25) is 0 Å². The smallest absolute Gasteiger partial charge is 0.174 e. The van der Waals surface area contributed by atoms with Crippen molar-refractivity contribution in [2.24, 2.45) is 0 Å². The minimum atomic E-state index is 0.686. The van der Waals surface area contributed by atoms with Crippen LogP contribution in [0.4, 0.5) is 0 Å². The second-order valence-electron chi connectivity index (χ2n) is 5.60. The summed E-state index contributed by atoms with van der Waals surface area (Å²) in [6.07, 6.45) is 0. The quantitative estimate of drug-likeness (QED) is 0.501. The number of aromatic amines is 1. The van der Waals surface area contributed by atoms with Crippen LogP contribution < -0.4 is 0 Å². The molecule has 0 radical (unpaired) electrons. The summed E-state index contributed by atoms with van der Waals surface area (Å²) in [6.45, 7) is 2.01. The molecule has 0 saturated heterocycles. The van der Waals surface area contributed by atoms with Gasteiger partial charge in [0.2, 0.25) is 0 Å². The molecule has 0 spiro atoms. The van der Waals surface area contributed by atoms with Crippen molar-refractivity contribution in [1.82, 2.24) is 9.97 Å². The van der Waals surface area contributed by atoms with Crippen molar-refractivity contribution in [2.75, 3.05) is 0 Å². The van der Waals surface area contributed by atoms with Crippen molar-refractivity contribution in [3.05, 3.63) is 77.4 Å². The maximum Gasteiger partial charge on any atom is 0.174 e. The van der Waals surface area contributed by atoms with Gasteiger partial charge in [-0.25, -0.2) is 4.98 Å². The summed E-state index contributed by atoms with van der Waals surface area (Å²) in [5, 5.41) is 0.686. The van der Waals surface area contributed by atoms with Gasteiger partial charge in [0.25, 0.3) is 0 Å². The maximum absolute atomic E-state index is 6.05. The minimum Gasteiger partial charge on any atom is -0.453 e. The van der Waals surface area contributed by atoms with Crippen molar-refractivity contribution >= 4 is 11.6 Å². The number of benzene rings is 2. The molecule has 24 heavy (non-hydrogen) atoms. The normalized spacial score (nSPS) is 10.9. The largest absolute Gasteiger partial charge is 0.453 e. The zero-order valence-corrected chi connectivity index (χ0v) is 13.8. The lowest BCUT2D eigenvalue weighted by atomic mass is 10.1. The summed E-state index contributed by atoms with van der Waals surface area (Å²) in [5.41, 5.74) is 3.97. The standard InChI is InChI=1S/C20H15ClN2O/c1-13-19(14-6-3-2-4-7-14)23-20(22-13)18-11-10-17(24-18)15-8-5-9-16(21)12-15/h2-12H,1H3,(H,22,23). The van der Waals surface area contributed by atoms with Crippen LogP contribution in [0.2, 0.25) is 5.02 Å². The number of imidazole rings is 1. The second-order valence-corrected chi connectivity index (χ2v) is 6.04. The number of aromatic nitrogens is 2. The zero-order chi connectivity index (χ0) is 16.5. The van der Waals surface area contributed by atoms with E-state index in [2.05, 4.69) is 4.98 Å². The van der Waals surface area contributed by atoms with Gasteiger partial charge in [-0.15, -0.1) is 0 Å². The van der Waals surface area contributed by atoms with Crippen LogP contribution >= 0.6 is 11.6 Å². The van der Waals surface area contributed by atoms with Crippen molar-refractivity contribution in [1.29, 1.82) is 0 Å². The lowest BCUT2D eigenvalue weighted by Gasteiger charge is -1.97. The van der Waals surface area contributed by atoms with Gasteiger partial charge >= 0.3 is 0 Å². The molecule has 0 bridgehead atoms. The average molecular weight is 335 g/mol. The fourth-order valence-electron chi connectivity index (χ4n) is 2.72. The molecule has 0 unspecified atom stereocenters. The van der Waals surface area contributed by atoms with Crippen LogP contribution in [0, 0.1) is 6.92 Å². The Morgan fingerprint density at radius 3 is 2.42 bits per heavy atom. The predicted octanol–water partition coefficient (Wildman–Crippen LogP) is 5.97. The summed E-state index contributed by atoms with van der Waals surface area (Å²) in [7, 11) is 0. The Morgan fingerprint density at radius 1 is 0.875 bits per heavy atom. The molecule has 0 fully saturated rings. The first-order valence-electron chi connectivity index (χ1n) is 7.69. The van der Waals surface area contributed by atoms with Gasteiger partial charge < -0.3 is 9.40 Å². The summed E-state index contributed by atoms with van der Waals surface area (Å²) in [5.74, 6) is 2.19. The van der Waals surface area contributed by atoms with Crippen molar-refractivity contribution < 1.29 is 4.42 Å². The summed E-state index contributed by atoms with van der Waals surface area (Å²) >= 11 is 6.05. The molecule has 0 aliphatic carbocycles. The minimum absolute atomic E-state index is 0.686. The van der Waals surface area contributed by atoms with E-state index in [1.165, 1.54) is 0 Å². The Hall–Kier alpha value is -2.78. The Labute approximate surface area is 144 Å². The van der Waals surface area contributed by atoms with E-state index in [-0.39, 0.29) is 0 Å². The van der Waals surface area contributed by atoms with Gasteiger partial charge in [0, 0.05) is 21.8 Å². The van der Waals surface area contributed by atoms with E-state index in [4.69, 9.17) is 21.0 Å². The number of halogens is 1. The van der Waals surface area contributed by atoms with Crippen LogP contribution in [-0.2, 0) is 0 Å².